The number of hydrogen-bond acceptors (Lipinski definition) is 2. The van der Waals surface area contributed by atoms with Crippen LogP contribution in [0.2, 0.25) is 0 Å². The predicted octanol–water partition coefficient (Wildman–Crippen LogP) is 3.65. The van der Waals surface area contributed by atoms with E-state index in [1.807, 2.05) is 48.5 Å². The van der Waals surface area contributed by atoms with Crippen LogP contribution in [0, 0.1) is 0 Å². The molecule has 0 aliphatic rings. The van der Waals surface area contributed by atoms with Crippen molar-refractivity contribution in [3.63, 3.8) is 0 Å². The fraction of sp³-hybridized carbons (Fsp3) is 0.0769. The second-order valence-corrected chi connectivity index (χ2v) is 7.24. The van der Waals surface area contributed by atoms with Gasteiger partial charge in [0.2, 0.25) is 0 Å². The number of carbonyl (C=O) groups is 2. The Kier molecular flexibility index (Phi) is 5.85. The zero-order chi connectivity index (χ0) is 20.8. The molecule has 4 heteroatoms. The molecular formula is C26H22N2O2+2. The normalized spacial score (nSPS) is 10.5. The molecule has 0 atom stereocenters. The Morgan fingerprint density at radius 2 is 0.833 bits per heavy atom. The number of benzene rings is 2. The lowest BCUT2D eigenvalue weighted by Gasteiger charge is -2.03. The summed E-state index contributed by atoms with van der Waals surface area (Å²) >= 11 is 0. The fourth-order valence-corrected chi connectivity index (χ4v) is 3.34. The van der Waals surface area contributed by atoms with Gasteiger partial charge in [-0.1, -0.05) is 48.5 Å². The van der Waals surface area contributed by atoms with Crippen LogP contribution in [0.25, 0.3) is 11.1 Å². The smallest absolute Gasteiger partial charge is 0.173 e. The first kappa shape index (κ1) is 19.4. The molecule has 0 aliphatic carbocycles. The van der Waals surface area contributed by atoms with E-state index < -0.39 is 0 Å². The maximum atomic E-state index is 10.8. The quantitative estimate of drug-likeness (QED) is 0.355. The highest BCUT2D eigenvalue weighted by molar-refractivity contribution is 5.75. The minimum Gasteiger partial charge on any atom is -0.298 e. The van der Waals surface area contributed by atoms with Gasteiger partial charge in [-0.2, -0.15) is 0 Å². The SMILES string of the molecule is O=Cc1ccc(C[n+]2ccc(-c3cc[n+](Cc4ccc(C=O)cc4)cc3)cc2)cc1. The van der Waals surface area contributed by atoms with Gasteiger partial charge >= 0.3 is 0 Å². The van der Waals surface area contributed by atoms with E-state index >= 15 is 0 Å². The molecule has 0 N–H and O–H groups in total. The minimum absolute atomic E-state index is 0.693. The number of nitrogens with zero attached hydrogens (tertiary/aromatic N) is 2. The monoisotopic (exact) mass is 394 g/mol. The van der Waals surface area contributed by atoms with E-state index in [9.17, 15) is 9.59 Å². The van der Waals surface area contributed by atoms with Crippen molar-refractivity contribution >= 4 is 12.6 Å². The molecule has 0 spiro atoms. The molecule has 30 heavy (non-hydrogen) atoms. The maximum absolute atomic E-state index is 10.8. The summed E-state index contributed by atoms with van der Waals surface area (Å²) in [7, 11) is 0. The summed E-state index contributed by atoms with van der Waals surface area (Å²) in [6, 6.07) is 23.7. The predicted molar refractivity (Wildman–Crippen MR) is 114 cm³/mol. The third-order valence-corrected chi connectivity index (χ3v) is 5.08. The molecule has 0 saturated heterocycles. The highest BCUT2D eigenvalue weighted by atomic mass is 16.1. The van der Waals surface area contributed by atoms with Crippen LogP contribution in [0.5, 0.6) is 0 Å². The summed E-state index contributed by atoms with van der Waals surface area (Å²) in [5.41, 5.74) is 6.01. The van der Waals surface area contributed by atoms with E-state index in [1.54, 1.807) is 0 Å². The molecule has 4 aromatic rings. The lowest BCUT2D eigenvalue weighted by molar-refractivity contribution is -0.688. The van der Waals surface area contributed by atoms with Crippen LogP contribution < -0.4 is 9.13 Å². The number of hydrogen-bond donors (Lipinski definition) is 0. The first-order chi connectivity index (χ1) is 14.7. The molecule has 0 unspecified atom stereocenters. The van der Waals surface area contributed by atoms with Crippen molar-refractivity contribution in [3.05, 3.63) is 120 Å². The van der Waals surface area contributed by atoms with Crippen molar-refractivity contribution in [3.8, 4) is 11.1 Å². The van der Waals surface area contributed by atoms with E-state index in [2.05, 4.69) is 58.2 Å². The minimum atomic E-state index is 0.693. The van der Waals surface area contributed by atoms with Gasteiger partial charge in [0.05, 0.1) is 0 Å². The van der Waals surface area contributed by atoms with Crippen LogP contribution >= 0.6 is 0 Å². The van der Waals surface area contributed by atoms with Gasteiger partial charge in [0.25, 0.3) is 0 Å². The molecule has 4 rings (SSSR count). The van der Waals surface area contributed by atoms with E-state index in [1.165, 1.54) is 0 Å². The van der Waals surface area contributed by atoms with Gasteiger partial charge in [0, 0.05) is 46.5 Å². The standard InChI is InChI=1S/C26H22N2O2/c29-19-23-5-1-21(2-6-23)17-27-13-9-25(10-14-27)26-11-15-28(16-12-26)18-22-3-7-24(20-30)8-4-22/h1-16,19-20H,17-18H2/q+2. The van der Waals surface area contributed by atoms with E-state index in [0.717, 1.165) is 47.9 Å². The third kappa shape index (κ3) is 4.73. The number of rotatable bonds is 7. The van der Waals surface area contributed by atoms with Gasteiger partial charge in [-0.05, 0) is 11.1 Å². The highest BCUT2D eigenvalue weighted by Crippen LogP contribution is 2.16. The molecule has 0 saturated carbocycles. The summed E-state index contributed by atoms with van der Waals surface area (Å²) in [4.78, 5) is 21.5. The van der Waals surface area contributed by atoms with Crippen LogP contribution in [0.15, 0.2) is 97.6 Å². The summed E-state index contributed by atoms with van der Waals surface area (Å²) in [5.74, 6) is 0. The van der Waals surface area contributed by atoms with Crippen molar-refractivity contribution in [2.24, 2.45) is 0 Å². The highest BCUT2D eigenvalue weighted by Gasteiger charge is 2.07. The average molecular weight is 394 g/mol. The molecule has 4 nitrogen and oxygen atoms in total. The average Bonchev–Trinajstić information content (AvgIpc) is 2.81. The van der Waals surface area contributed by atoms with Gasteiger partial charge in [-0.3, -0.25) is 9.59 Å². The van der Waals surface area contributed by atoms with Crippen LogP contribution in [-0.4, -0.2) is 12.6 Å². The zero-order valence-corrected chi connectivity index (χ0v) is 16.5. The Morgan fingerprint density at radius 3 is 1.13 bits per heavy atom. The Labute approximate surface area is 175 Å². The van der Waals surface area contributed by atoms with Gasteiger partial charge in [-0.25, -0.2) is 9.13 Å². The van der Waals surface area contributed by atoms with Gasteiger partial charge in [0.1, 0.15) is 12.6 Å². The van der Waals surface area contributed by atoms with Crippen molar-refractivity contribution in [1.82, 2.24) is 0 Å². The van der Waals surface area contributed by atoms with Crippen LogP contribution in [0.4, 0.5) is 0 Å². The molecule has 0 amide bonds. The first-order valence-electron chi connectivity index (χ1n) is 9.80. The maximum Gasteiger partial charge on any atom is 0.173 e. The number of pyridine rings is 2. The molecule has 2 aromatic carbocycles. The Morgan fingerprint density at radius 1 is 0.500 bits per heavy atom. The van der Waals surface area contributed by atoms with Crippen LogP contribution in [-0.2, 0) is 13.1 Å². The Bertz CT molecular complexity index is 1040. The molecular weight excluding hydrogens is 372 g/mol. The number of aldehydes is 2. The van der Waals surface area contributed by atoms with E-state index in [0.29, 0.717) is 11.1 Å². The molecule has 2 heterocycles. The molecule has 0 radical (unpaired) electrons. The molecule has 2 aromatic heterocycles. The zero-order valence-electron chi connectivity index (χ0n) is 16.5. The van der Waals surface area contributed by atoms with Crippen molar-refractivity contribution in [2.45, 2.75) is 13.1 Å². The van der Waals surface area contributed by atoms with Crippen LogP contribution in [0.3, 0.4) is 0 Å². The summed E-state index contributed by atoms with van der Waals surface area (Å²) in [6.07, 6.45) is 9.99. The Hall–Kier alpha value is -3.92. The number of aromatic nitrogens is 2. The first-order valence-corrected chi connectivity index (χ1v) is 9.80. The van der Waals surface area contributed by atoms with E-state index in [4.69, 9.17) is 0 Å². The molecule has 0 bridgehead atoms. The van der Waals surface area contributed by atoms with Gasteiger partial charge in [0.15, 0.2) is 37.9 Å². The second kappa shape index (κ2) is 9.05. The van der Waals surface area contributed by atoms with Crippen molar-refractivity contribution in [1.29, 1.82) is 0 Å². The lowest BCUT2D eigenvalue weighted by atomic mass is 10.1. The fourth-order valence-electron chi connectivity index (χ4n) is 3.34. The summed E-state index contributed by atoms with van der Waals surface area (Å²) < 4.78 is 4.23. The van der Waals surface area contributed by atoms with Crippen LogP contribution in [0.1, 0.15) is 31.8 Å². The number of carbonyl (C=O) groups excluding carboxylic acids is 2. The third-order valence-electron chi connectivity index (χ3n) is 5.08. The second-order valence-electron chi connectivity index (χ2n) is 7.24. The lowest BCUT2D eigenvalue weighted by Crippen LogP contribution is -2.33. The topological polar surface area (TPSA) is 41.9 Å². The largest absolute Gasteiger partial charge is 0.298 e. The Balaban J connectivity index is 1.41. The van der Waals surface area contributed by atoms with E-state index in [-0.39, 0.29) is 0 Å². The van der Waals surface area contributed by atoms with Crippen molar-refractivity contribution < 1.29 is 18.7 Å². The molecule has 0 fully saturated rings. The summed E-state index contributed by atoms with van der Waals surface area (Å²) in [6.45, 7) is 1.52. The van der Waals surface area contributed by atoms with Crippen molar-refractivity contribution in [2.75, 3.05) is 0 Å². The molecule has 0 aliphatic heterocycles. The van der Waals surface area contributed by atoms with Gasteiger partial charge < -0.3 is 0 Å². The summed E-state index contributed by atoms with van der Waals surface area (Å²) in [5, 5.41) is 0. The van der Waals surface area contributed by atoms with Gasteiger partial charge in [-0.15, -0.1) is 0 Å². The molecule has 146 valence electrons.